The summed E-state index contributed by atoms with van der Waals surface area (Å²) in [6.45, 7) is 3.84. The molecule has 7 nitrogen and oxygen atoms in total. The van der Waals surface area contributed by atoms with Gasteiger partial charge in [0, 0.05) is 5.75 Å². The number of carbonyl (C=O) groups is 3. The average molecular weight is 465 g/mol. The van der Waals surface area contributed by atoms with E-state index in [2.05, 4.69) is 11.9 Å². The lowest BCUT2D eigenvalue weighted by molar-refractivity contribution is -0.153. The predicted octanol–water partition coefficient (Wildman–Crippen LogP) is 2.82. The first-order chi connectivity index (χ1) is 16.0. The van der Waals surface area contributed by atoms with Crippen LogP contribution in [-0.2, 0) is 32.1 Å². The zero-order valence-corrected chi connectivity index (χ0v) is 19.0. The Kier molecular flexibility index (Phi) is 6.84. The largest absolute Gasteiger partial charge is 0.497 e. The second-order valence-electron chi connectivity index (χ2n) is 7.62. The van der Waals surface area contributed by atoms with E-state index in [1.165, 1.54) is 16.7 Å². The number of allylic oxidation sites excluding steroid dienone is 1. The van der Waals surface area contributed by atoms with Crippen molar-refractivity contribution in [2.75, 3.05) is 12.9 Å². The van der Waals surface area contributed by atoms with Crippen molar-refractivity contribution in [2.45, 2.75) is 24.4 Å². The second kappa shape index (κ2) is 9.95. The standard InChI is InChI=1S/C25H24N2O5S/c1-3-18-15-33-24-21(26-20(28)13-16-7-5-4-6-8-16)23(29)27(24)22(18)25(30)32-14-17-9-11-19(31-2)12-10-17/h3-12,21,24H,1,13-15H2,2H3,(H,26,28)/t21?,24-/m1/s1. The molecule has 2 aromatic rings. The molecular weight excluding hydrogens is 440 g/mol. The highest BCUT2D eigenvalue weighted by molar-refractivity contribution is 8.00. The van der Waals surface area contributed by atoms with Gasteiger partial charge in [-0.05, 0) is 28.8 Å². The van der Waals surface area contributed by atoms with Gasteiger partial charge in [-0.2, -0.15) is 0 Å². The van der Waals surface area contributed by atoms with Gasteiger partial charge in [0.25, 0.3) is 5.91 Å². The molecule has 2 aliphatic heterocycles. The van der Waals surface area contributed by atoms with Gasteiger partial charge in [-0.3, -0.25) is 14.5 Å². The van der Waals surface area contributed by atoms with Crippen LogP contribution in [0.15, 0.2) is 78.5 Å². The van der Waals surface area contributed by atoms with Crippen LogP contribution in [0, 0.1) is 0 Å². The van der Waals surface area contributed by atoms with Crippen LogP contribution >= 0.6 is 11.8 Å². The lowest BCUT2D eigenvalue weighted by Gasteiger charge is -2.49. The molecule has 0 aliphatic carbocycles. The highest BCUT2D eigenvalue weighted by Gasteiger charge is 2.54. The number of nitrogens with zero attached hydrogens (tertiary/aromatic N) is 1. The number of benzene rings is 2. The Morgan fingerprint density at radius 1 is 1.15 bits per heavy atom. The summed E-state index contributed by atoms with van der Waals surface area (Å²) in [5, 5.41) is 2.45. The van der Waals surface area contributed by atoms with Crippen molar-refractivity contribution in [3.63, 3.8) is 0 Å². The Morgan fingerprint density at radius 2 is 1.88 bits per heavy atom. The number of β-lactam (4-membered cyclic amide) rings is 1. The van der Waals surface area contributed by atoms with Gasteiger partial charge in [0.05, 0.1) is 13.5 Å². The minimum atomic E-state index is -0.679. The highest BCUT2D eigenvalue weighted by Crippen LogP contribution is 2.41. The third-order valence-electron chi connectivity index (χ3n) is 5.49. The number of nitrogens with one attached hydrogen (secondary N) is 1. The van der Waals surface area contributed by atoms with Crippen molar-refractivity contribution in [1.29, 1.82) is 0 Å². The van der Waals surface area contributed by atoms with Crippen LogP contribution < -0.4 is 10.1 Å². The number of esters is 1. The van der Waals surface area contributed by atoms with Crippen molar-refractivity contribution in [3.8, 4) is 5.75 Å². The number of carbonyl (C=O) groups excluding carboxylic acids is 3. The van der Waals surface area contributed by atoms with Gasteiger partial charge in [-0.25, -0.2) is 4.79 Å². The van der Waals surface area contributed by atoms with E-state index in [-0.39, 0.29) is 35.9 Å². The molecule has 1 fully saturated rings. The molecule has 1 N–H and O–H groups in total. The summed E-state index contributed by atoms with van der Waals surface area (Å²) in [5.74, 6) is 0.0517. The molecule has 0 aromatic heterocycles. The van der Waals surface area contributed by atoms with E-state index in [0.29, 0.717) is 17.1 Å². The first kappa shape index (κ1) is 22.7. The molecule has 2 heterocycles. The number of ether oxygens (including phenoxy) is 2. The maximum atomic E-state index is 12.9. The van der Waals surface area contributed by atoms with E-state index >= 15 is 0 Å². The summed E-state index contributed by atoms with van der Waals surface area (Å²) in [5.41, 5.74) is 2.50. The lowest BCUT2D eigenvalue weighted by Crippen LogP contribution is -2.70. The molecule has 170 valence electrons. The highest BCUT2D eigenvalue weighted by atomic mass is 32.2. The Balaban J connectivity index is 1.41. The quantitative estimate of drug-likeness (QED) is 0.478. The summed E-state index contributed by atoms with van der Waals surface area (Å²) < 4.78 is 10.6. The van der Waals surface area contributed by atoms with Crippen molar-refractivity contribution in [2.24, 2.45) is 0 Å². The first-order valence-corrected chi connectivity index (χ1v) is 11.5. The number of methoxy groups -OCH3 is 1. The molecule has 2 aliphatic rings. The second-order valence-corrected chi connectivity index (χ2v) is 8.72. The Hall–Kier alpha value is -3.52. The smallest absolute Gasteiger partial charge is 0.355 e. The maximum absolute atomic E-state index is 12.9. The number of fused-ring (bicyclic) bond motifs is 1. The minimum absolute atomic E-state index is 0.0633. The van der Waals surface area contributed by atoms with Crippen LogP contribution in [0.4, 0.5) is 0 Å². The Morgan fingerprint density at radius 3 is 2.55 bits per heavy atom. The van der Waals surface area contributed by atoms with Crippen LogP contribution in [0.3, 0.4) is 0 Å². The van der Waals surface area contributed by atoms with E-state index in [9.17, 15) is 14.4 Å². The molecule has 33 heavy (non-hydrogen) atoms. The predicted molar refractivity (Wildman–Crippen MR) is 125 cm³/mol. The van der Waals surface area contributed by atoms with E-state index in [1.54, 1.807) is 25.3 Å². The number of hydrogen-bond acceptors (Lipinski definition) is 6. The fourth-order valence-electron chi connectivity index (χ4n) is 3.73. The van der Waals surface area contributed by atoms with E-state index in [4.69, 9.17) is 9.47 Å². The summed E-state index contributed by atoms with van der Waals surface area (Å²) in [4.78, 5) is 39.7. The normalized spacial score (nSPS) is 19.3. The molecule has 0 saturated carbocycles. The molecule has 0 bridgehead atoms. The molecule has 2 amide bonds. The van der Waals surface area contributed by atoms with Crippen LogP contribution in [0.25, 0.3) is 0 Å². The van der Waals surface area contributed by atoms with Crippen LogP contribution in [0.5, 0.6) is 5.75 Å². The number of rotatable bonds is 8. The number of amides is 2. The lowest BCUT2D eigenvalue weighted by atomic mass is 10.0. The van der Waals surface area contributed by atoms with Crippen LogP contribution in [0.2, 0.25) is 0 Å². The molecule has 2 aromatic carbocycles. The minimum Gasteiger partial charge on any atom is -0.497 e. The van der Waals surface area contributed by atoms with E-state index < -0.39 is 12.0 Å². The van der Waals surface area contributed by atoms with Gasteiger partial charge in [0.1, 0.15) is 29.5 Å². The molecule has 1 saturated heterocycles. The number of hydrogen-bond donors (Lipinski definition) is 1. The summed E-state index contributed by atoms with van der Waals surface area (Å²) in [6, 6.07) is 15.8. The molecule has 2 atom stereocenters. The fourth-order valence-corrected chi connectivity index (χ4v) is 5.07. The van der Waals surface area contributed by atoms with Crippen molar-refractivity contribution < 1.29 is 23.9 Å². The van der Waals surface area contributed by atoms with Crippen LogP contribution in [-0.4, -0.2) is 47.0 Å². The molecule has 8 heteroatoms. The van der Waals surface area contributed by atoms with Gasteiger partial charge in [0.15, 0.2) is 0 Å². The molecule has 1 unspecified atom stereocenters. The van der Waals surface area contributed by atoms with Crippen molar-refractivity contribution in [1.82, 2.24) is 10.2 Å². The van der Waals surface area contributed by atoms with Crippen molar-refractivity contribution in [3.05, 3.63) is 89.6 Å². The van der Waals surface area contributed by atoms with Gasteiger partial charge in [-0.1, -0.05) is 55.1 Å². The summed E-state index contributed by atoms with van der Waals surface area (Å²) in [7, 11) is 1.58. The molecular formula is C25H24N2O5S. The Bertz CT molecular complexity index is 1100. The van der Waals surface area contributed by atoms with E-state index in [1.807, 2.05) is 42.5 Å². The monoisotopic (exact) mass is 464 g/mol. The molecule has 0 radical (unpaired) electrons. The van der Waals surface area contributed by atoms with E-state index in [0.717, 1.165) is 11.1 Å². The molecule has 4 rings (SSSR count). The third kappa shape index (κ3) is 4.80. The zero-order chi connectivity index (χ0) is 23.4. The first-order valence-electron chi connectivity index (χ1n) is 10.5. The zero-order valence-electron chi connectivity index (χ0n) is 18.2. The third-order valence-corrected chi connectivity index (χ3v) is 6.79. The maximum Gasteiger partial charge on any atom is 0.355 e. The van der Waals surface area contributed by atoms with Gasteiger partial charge < -0.3 is 14.8 Å². The van der Waals surface area contributed by atoms with Gasteiger partial charge in [-0.15, -0.1) is 11.8 Å². The van der Waals surface area contributed by atoms with Gasteiger partial charge >= 0.3 is 5.97 Å². The SMILES string of the molecule is C=CC1=C(C(=O)OCc2ccc(OC)cc2)N2C(=O)C(NC(=O)Cc3ccccc3)[C@H]2SC1. The topological polar surface area (TPSA) is 84.9 Å². The fraction of sp³-hybridized carbons (Fsp3) is 0.240. The number of thioether (sulfide) groups is 1. The van der Waals surface area contributed by atoms with Crippen LogP contribution in [0.1, 0.15) is 11.1 Å². The van der Waals surface area contributed by atoms with Crippen molar-refractivity contribution >= 4 is 29.5 Å². The summed E-state index contributed by atoms with van der Waals surface area (Å²) in [6.07, 6.45) is 1.76. The molecule has 0 spiro atoms. The summed E-state index contributed by atoms with van der Waals surface area (Å²) >= 11 is 1.49. The van der Waals surface area contributed by atoms with Gasteiger partial charge in [0.2, 0.25) is 5.91 Å². The average Bonchev–Trinajstić information content (AvgIpc) is 2.85. The Labute approximate surface area is 196 Å².